The Labute approximate surface area is 94.6 Å². The molecule has 2 bridgehead atoms. The zero-order valence-electron chi connectivity index (χ0n) is 9.45. The minimum absolute atomic E-state index is 0.120. The van der Waals surface area contributed by atoms with Gasteiger partial charge in [-0.15, -0.1) is 0 Å². The van der Waals surface area contributed by atoms with Crippen molar-refractivity contribution >= 4 is 11.9 Å². The van der Waals surface area contributed by atoms with Crippen LogP contribution in [0.4, 0.5) is 4.79 Å². The predicted molar refractivity (Wildman–Crippen MR) is 57.8 cm³/mol. The Morgan fingerprint density at radius 3 is 2.38 bits per heavy atom. The third-order valence-electron chi connectivity index (χ3n) is 4.32. The Morgan fingerprint density at radius 1 is 1.31 bits per heavy atom. The molecule has 3 aliphatic heterocycles. The van der Waals surface area contributed by atoms with E-state index < -0.39 is 5.54 Å². The van der Waals surface area contributed by atoms with Crippen molar-refractivity contribution < 1.29 is 9.59 Å². The van der Waals surface area contributed by atoms with Gasteiger partial charge < -0.3 is 5.32 Å². The number of piperidine rings is 1. The molecule has 0 aromatic rings. The first kappa shape index (κ1) is 10.1. The van der Waals surface area contributed by atoms with Crippen LogP contribution in [0.15, 0.2) is 0 Å². The van der Waals surface area contributed by atoms with E-state index in [0.29, 0.717) is 12.1 Å². The maximum atomic E-state index is 11.9. The minimum atomic E-state index is -0.603. The second kappa shape index (κ2) is 3.20. The molecule has 2 N–H and O–H groups in total. The normalized spacial score (nSPS) is 42.6. The monoisotopic (exact) mass is 223 g/mol. The summed E-state index contributed by atoms with van der Waals surface area (Å²) >= 11 is 0. The van der Waals surface area contributed by atoms with Crippen molar-refractivity contribution in [1.82, 2.24) is 15.5 Å². The Morgan fingerprint density at radius 2 is 1.94 bits per heavy atom. The van der Waals surface area contributed by atoms with Gasteiger partial charge in [-0.05, 0) is 32.2 Å². The van der Waals surface area contributed by atoms with Gasteiger partial charge in [-0.2, -0.15) is 0 Å². The van der Waals surface area contributed by atoms with Crippen molar-refractivity contribution in [3.63, 3.8) is 0 Å². The summed E-state index contributed by atoms with van der Waals surface area (Å²) in [6.45, 7) is 3.21. The molecule has 5 heteroatoms. The van der Waals surface area contributed by atoms with Crippen LogP contribution in [0.25, 0.3) is 0 Å². The zero-order chi connectivity index (χ0) is 11.3. The Bertz CT molecular complexity index is 341. The minimum Gasteiger partial charge on any atom is -0.323 e. The van der Waals surface area contributed by atoms with E-state index in [-0.39, 0.29) is 11.9 Å². The lowest BCUT2D eigenvalue weighted by atomic mass is 9.83. The molecule has 5 nitrogen and oxygen atoms in total. The largest absolute Gasteiger partial charge is 0.323 e. The number of hydrogen-bond acceptors (Lipinski definition) is 3. The maximum Gasteiger partial charge on any atom is 0.322 e. The quantitative estimate of drug-likeness (QED) is 0.625. The van der Waals surface area contributed by atoms with Crippen LogP contribution in [-0.2, 0) is 4.79 Å². The van der Waals surface area contributed by atoms with Crippen molar-refractivity contribution in [3.8, 4) is 0 Å². The van der Waals surface area contributed by atoms with Crippen LogP contribution in [0.5, 0.6) is 0 Å². The van der Waals surface area contributed by atoms with Crippen LogP contribution in [0, 0.1) is 0 Å². The molecule has 0 aromatic heterocycles. The van der Waals surface area contributed by atoms with Gasteiger partial charge in [0, 0.05) is 12.1 Å². The molecule has 0 radical (unpaired) electrons. The van der Waals surface area contributed by atoms with Gasteiger partial charge in [-0.25, -0.2) is 4.79 Å². The van der Waals surface area contributed by atoms with Gasteiger partial charge in [0.2, 0.25) is 0 Å². The molecule has 3 amide bonds. The van der Waals surface area contributed by atoms with Crippen LogP contribution in [0.2, 0.25) is 0 Å². The van der Waals surface area contributed by atoms with Crippen molar-refractivity contribution in [2.24, 2.45) is 0 Å². The third-order valence-corrected chi connectivity index (χ3v) is 4.32. The molecule has 88 valence electrons. The molecule has 3 rings (SSSR count). The number of nitrogens with one attached hydrogen (secondary N) is 2. The fourth-order valence-electron chi connectivity index (χ4n) is 3.67. The summed E-state index contributed by atoms with van der Waals surface area (Å²) in [7, 11) is 0. The average Bonchev–Trinajstić information content (AvgIpc) is 2.63. The molecule has 0 aromatic carbocycles. The van der Waals surface area contributed by atoms with Gasteiger partial charge in [-0.1, -0.05) is 6.92 Å². The number of nitrogens with zero attached hydrogens (tertiary/aromatic N) is 1. The number of carbonyl (C=O) groups is 2. The molecule has 16 heavy (non-hydrogen) atoms. The van der Waals surface area contributed by atoms with Gasteiger partial charge in [-0.3, -0.25) is 15.0 Å². The summed E-state index contributed by atoms with van der Waals surface area (Å²) in [6, 6.07) is 0.607. The summed E-state index contributed by atoms with van der Waals surface area (Å²) in [5.74, 6) is -0.120. The second-order valence-corrected chi connectivity index (χ2v) is 5.11. The topological polar surface area (TPSA) is 61.4 Å². The van der Waals surface area contributed by atoms with E-state index in [1.165, 1.54) is 0 Å². The summed E-state index contributed by atoms with van der Waals surface area (Å²) < 4.78 is 0. The van der Waals surface area contributed by atoms with E-state index in [9.17, 15) is 9.59 Å². The lowest BCUT2D eigenvalue weighted by molar-refractivity contribution is -0.126. The third kappa shape index (κ3) is 1.21. The molecule has 2 atom stereocenters. The van der Waals surface area contributed by atoms with Crippen LogP contribution >= 0.6 is 0 Å². The summed E-state index contributed by atoms with van der Waals surface area (Å²) in [6.07, 6.45) is 3.86. The van der Waals surface area contributed by atoms with E-state index in [2.05, 4.69) is 22.5 Å². The van der Waals surface area contributed by atoms with Crippen molar-refractivity contribution in [1.29, 1.82) is 0 Å². The highest BCUT2D eigenvalue weighted by Crippen LogP contribution is 2.41. The predicted octanol–water partition coefficient (Wildman–Crippen LogP) is 0.211. The van der Waals surface area contributed by atoms with Crippen LogP contribution < -0.4 is 10.6 Å². The zero-order valence-corrected chi connectivity index (χ0v) is 9.45. The molecule has 1 spiro atoms. The average molecular weight is 223 g/mol. The van der Waals surface area contributed by atoms with Crippen molar-refractivity contribution in [2.45, 2.75) is 50.2 Å². The van der Waals surface area contributed by atoms with Gasteiger partial charge >= 0.3 is 6.03 Å². The highest BCUT2D eigenvalue weighted by Gasteiger charge is 2.55. The molecule has 0 saturated carbocycles. The Kier molecular flexibility index (Phi) is 2.01. The molecule has 3 aliphatic rings. The molecule has 0 aliphatic carbocycles. The number of urea groups is 1. The van der Waals surface area contributed by atoms with Gasteiger partial charge in [0.1, 0.15) is 5.54 Å². The molecule has 2 unspecified atom stereocenters. The maximum absolute atomic E-state index is 11.9. The van der Waals surface area contributed by atoms with Crippen LogP contribution in [0.3, 0.4) is 0 Å². The first-order valence-corrected chi connectivity index (χ1v) is 6.04. The lowest BCUT2D eigenvalue weighted by Crippen LogP contribution is -2.58. The summed E-state index contributed by atoms with van der Waals surface area (Å²) in [5, 5.41) is 5.21. The molecular weight excluding hydrogens is 206 g/mol. The van der Waals surface area contributed by atoms with Crippen molar-refractivity contribution in [2.75, 3.05) is 6.54 Å². The molecule has 3 saturated heterocycles. The van der Waals surface area contributed by atoms with Crippen LogP contribution in [0.1, 0.15) is 32.6 Å². The fourth-order valence-corrected chi connectivity index (χ4v) is 3.67. The van der Waals surface area contributed by atoms with E-state index in [1.807, 2.05) is 0 Å². The number of hydrogen-bond donors (Lipinski definition) is 2. The number of rotatable bonds is 1. The second-order valence-electron chi connectivity index (χ2n) is 5.11. The van der Waals surface area contributed by atoms with Crippen molar-refractivity contribution in [3.05, 3.63) is 0 Å². The molecule has 3 heterocycles. The number of carbonyl (C=O) groups excluding carboxylic acids is 2. The fraction of sp³-hybridized carbons (Fsp3) is 0.818. The van der Waals surface area contributed by atoms with E-state index >= 15 is 0 Å². The molecular formula is C11H17N3O2. The molecule has 3 fully saturated rings. The highest BCUT2D eigenvalue weighted by atomic mass is 16.2. The van der Waals surface area contributed by atoms with Gasteiger partial charge in [0.25, 0.3) is 5.91 Å². The Hall–Kier alpha value is -1.10. The van der Waals surface area contributed by atoms with Crippen LogP contribution in [-0.4, -0.2) is 41.0 Å². The number of amides is 3. The lowest BCUT2D eigenvalue weighted by Gasteiger charge is -2.42. The first-order chi connectivity index (χ1) is 7.64. The number of imide groups is 1. The standard InChI is InChI=1S/C11H17N3O2/c1-2-14-7-3-4-8(14)6-11(5-7)9(15)12-10(16)13-11/h7-8H,2-6H2,1H3,(H2,12,13,15,16). The highest BCUT2D eigenvalue weighted by molar-refractivity contribution is 6.07. The van der Waals surface area contributed by atoms with Gasteiger partial charge in [0.15, 0.2) is 0 Å². The van der Waals surface area contributed by atoms with E-state index in [1.54, 1.807) is 0 Å². The van der Waals surface area contributed by atoms with Gasteiger partial charge in [0.05, 0.1) is 0 Å². The Balaban J connectivity index is 1.87. The first-order valence-electron chi connectivity index (χ1n) is 6.04. The number of fused-ring (bicyclic) bond motifs is 2. The van der Waals surface area contributed by atoms with E-state index in [0.717, 1.165) is 32.2 Å². The summed E-state index contributed by atoms with van der Waals surface area (Å²) in [5.41, 5.74) is -0.603. The van der Waals surface area contributed by atoms with E-state index in [4.69, 9.17) is 0 Å². The summed E-state index contributed by atoms with van der Waals surface area (Å²) in [4.78, 5) is 25.6. The SMILES string of the molecule is CCN1C2CCC1CC1(C2)NC(=O)NC1=O. The smallest absolute Gasteiger partial charge is 0.322 e.